The van der Waals surface area contributed by atoms with Gasteiger partial charge in [0, 0.05) is 12.1 Å². The lowest BCUT2D eigenvalue weighted by Crippen LogP contribution is -2.20. The SMILES string of the molecule is CC(C)c1nccc(NC(N)=O)n1. The molecule has 1 aromatic heterocycles. The van der Waals surface area contributed by atoms with Gasteiger partial charge in [0.2, 0.25) is 0 Å². The Morgan fingerprint density at radius 2 is 2.31 bits per heavy atom. The van der Waals surface area contributed by atoms with E-state index in [-0.39, 0.29) is 5.92 Å². The number of amides is 2. The molecular formula is C8H12N4O. The van der Waals surface area contributed by atoms with Crippen LogP contribution in [0.5, 0.6) is 0 Å². The van der Waals surface area contributed by atoms with E-state index in [4.69, 9.17) is 5.73 Å². The molecule has 0 aliphatic heterocycles. The van der Waals surface area contributed by atoms with Gasteiger partial charge >= 0.3 is 6.03 Å². The Labute approximate surface area is 76.4 Å². The molecule has 0 fully saturated rings. The van der Waals surface area contributed by atoms with Crippen molar-refractivity contribution in [2.45, 2.75) is 19.8 Å². The van der Waals surface area contributed by atoms with Gasteiger partial charge in [-0.3, -0.25) is 5.32 Å². The van der Waals surface area contributed by atoms with Crippen molar-refractivity contribution in [3.8, 4) is 0 Å². The quantitative estimate of drug-likeness (QED) is 0.714. The summed E-state index contributed by atoms with van der Waals surface area (Å²) >= 11 is 0. The van der Waals surface area contributed by atoms with Gasteiger partial charge in [-0.1, -0.05) is 13.8 Å². The first-order chi connectivity index (χ1) is 6.09. The Bertz CT molecular complexity index is 311. The van der Waals surface area contributed by atoms with Gasteiger partial charge < -0.3 is 5.73 Å². The minimum Gasteiger partial charge on any atom is -0.351 e. The van der Waals surface area contributed by atoms with E-state index in [1.165, 1.54) is 0 Å². The standard InChI is InChI=1S/C8H12N4O/c1-5(2)7-10-4-3-6(11-7)12-8(9)13/h3-5H,1-2H3,(H3,9,10,11,12,13). The van der Waals surface area contributed by atoms with Crippen LogP contribution in [-0.4, -0.2) is 16.0 Å². The largest absolute Gasteiger partial charge is 0.351 e. The molecule has 0 bridgehead atoms. The molecule has 0 radical (unpaired) electrons. The maximum absolute atomic E-state index is 10.5. The van der Waals surface area contributed by atoms with Crippen LogP contribution in [0.3, 0.4) is 0 Å². The summed E-state index contributed by atoms with van der Waals surface area (Å²) in [5, 5.41) is 2.39. The zero-order valence-electron chi connectivity index (χ0n) is 7.61. The highest BCUT2D eigenvalue weighted by Gasteiger charge is 2.04. The van der Waals surface area contributed by atoms with Crippen LogP contribution in [0.1, 0.15) is 25.6 Å². The van der Waals surface area contributed by atoms with Gasteiger partial charge in [0.15, 0.2) is 0 Å². The second-order valence-corrected chi connectivity index (χ2v) is 2.94. The van der Waals surface area contributed by atoms with E-state index >= 15 is 0 Å². The summed E-state index contributed by atoms with van der Waals surface area (Å²) in [7, 11) is 0. The van der Waals surface area contributed by atoms with Crippen molar-refractivity contribution in [1.82, 2.24) is 9.97 Å². The van der Waals surface area contributed by atoms with E-state index in [1.54, 1.807) is 12.3 Å². The van der Waals surface area contributed by atoms with Crippen molar-refractivity contribution in [2.24, 2.45) is 5.73 Å². The van der Waals surface area contributed by atoms with E-state index < -0.39 is 6.03 Å². The summed E-state index contributed by atoms with van der Waals surface area (Å²) in [6, 6.07) is 0.977. The molecule has 1 rings (SSSR count). The zero-order chi connectivity index (χ0) is 9.84. The Morgan fingerprint density at radius 1 is 1.62 bits per heavy atom. The predicted octanol–water partition coefficient (Wildman–Crippen LogP) is 1.09. The summed E-state index contributed by atoms with van der Waals surface area (Å²) in [6.07, 6.45) is 1.59. The van der Waals surface area contributed by atoms with Gasteiger partial charge in [-0.25, -0.2) is 14.8 Å². The highest BCUT2D eigenvalue weighted by atomic mass is 16.2. The summed E-state index contributed by atoms with van der Waals surface area (Å²) < 4.78 is 0. The third-order valence-corrected chi connectivity index (χ3v) is 1.44. The predicted molar refractivity (Wildman–Crippen MR) is 49.3 cm³/mol. The van der Waals surface area contributed by atoms with Crippen LogP contribution in [0.25, 0.3) is 0 Å². The van der Waals surface area contributed by atoms with Gasteiger partial charge in [0.25, 0.3) is 0 Å². The van der Waals surface area contributed by atoms with E-state index in [2.05, 4.69) is 15.3 Å². The zero-order valence-corrected chi connectivity index (χ0v) is 7.61. The number of aromatic nitrogens is 2. The molecular weight excluding hydrogens is 168 g/mol. The highest BCUT2D eigenvalue weighted by molar-refractivity contribution is 5.86. The molecule has 0 aliphatic carbocycles. The second-order valence-electron chi connectivity index (χ2n) is 2.94. The van der Waals surface area contributed by atoms with Crippen LogP contribution in [0.2, 0.25) is 0 Å². The van der Waals surface area contributed by atoms with Crippen LogP contribution in [0, 0.1) is 0 Å². The number of nitrogens with zero attached hydrogens (tertiary/aromatic N) is 2. The fraction of sp³-hybridized carbons (Fsp3) is 0.375. The van der Waals surface area contributed by atoms with E-state index in [0.29, 0.717) is 11.6 Å². The molecule has 0 spiro atoms. The average Bonchev–Trinajstić information content (AvgIpc) is 2.03. The Morgan fingerprint density at radius 3 is 2.85 bits per heavy atom. The molecule has 0 aromatic carbocycles. The number of anilines is 1. The molecule has 2 amide bonds. The number of carbonyl (C=O) groups is 1. The van der Waals surface area contributed by atoms with E-state index in [9.17, 15) is 4.79 Å². The van der Waals surface area contributed by atoms with Crippen molar-refractivity contribution in [1.29, 1.82) is 0 Å². The smallest absolute Gasteiger partial charge is 0.317 e. The van der Waals surface area contributed by atoms with Crippen molar-refractivity contribution in [3.05, 3.63) is 18.1 Å². The molecule has 1 heterocycles. The number of rotatable bonds is 2. The van der Waals surface area contributed by atoms with Gasteiger partial charge in [0.1, 0.15) is 11.6 Å². The molecule has 0 atom stereocenters. The van der Waals surface area contributed by atoms with E-state index in [1.807, 2.05) is 13.8 Å². The Balaban J connectivity index is 2.85. The molecule has 0 aliphatic rings. The topological polar surface area (TPSA) is 80.9 Å². The molecule has 3 N–H and O–H groups in total. The molecule has 0 saturated heterocycles. The average molecular weight is 180 g/mol. The van der Waals surface area contributed by atoms with Crippen LogP contribution in [-0.2, 0) is 0 Å². The lowest BCUT2D eigenvalue weighted by molar-refractivity contribution is 0.259. The maximum Gasteiger partial charge on any atom is 0.317 e. The first kappa shape index (κ1) is 9.44. The third kappa shape index (κ3) is 2.70. The number of primary amides is 1. The lowest BCUT2D eigenvalue weighted by Gasteiger charge is -2.05. The highest BCUT2D eigenvalue weighted by Crippen LogP contribution is 2.10. The van der Waals surface area contributed by atoms with Crippen molar-refractivity contribution < 1.29 is 4.79 Å². The third-order valence-electron chi connectivity index (χ3n) is 1.44. The lowest BCUT2D eigenvalue weighted by atomic mass is 10.2. The van der Waals surface area contributed by atoms with Crippen LogP contribution >= 0.6 is 0 Å². The van der Waals surface area contributed by atoms with Gasteiger partial charge in [-0.15, -0.1) is 0 Å². The molecule has 70 valence electrons. The number of hydrogen-bond donors (Lipinski definition) is 2. The van der Waals surface area contributed by atoms with Crippen LogP contribution in [0.15, 0.2) is 12.3 Å². The minimum atomic E-state index is -0.617. The van der Waals surface area contributed by atoms with Gasteiger partial charge in [-0.2, -0.15) is 0 Å². The second kappa shape index (κ2) is 3.84. The fourth-order valence-corrected chi connectivity index (χ4v) is 0.848. The molecule has 5 nitrogen and oxygen atoms in total. The summed E-state index contributed by atoms with van der Waals surface area (Å²) in [5.41, 5.74) is 4.94. The number of hydrogen-bond acceptors (Lipinski definition) is 3. The van der Waals surface area contributed by atoms with Gasteiger partial charge in [0.05, 0.1) is 0 Å². The molecule has 1 aromatic rings. The summed E-state index contributed by atoms with van der Waals surface area (Å²) in [5.74, 6) is 1.35. The number of nitrogens with one attached hydrogen (secondary N) is 1. The van der Waals surface area contributed by atoms with E-state index in [0.717, 1.165) is 0 Å². The molecule has 0 saturated carbocycles. The normalized spacial score (nSPS) is 10.1. The summed E-state index contributed by atoms with van der Waals surface area (Å²) in [6.45, 7) is 3.95. The van der Waals surface area contributed by atoms with Crippen molar-refractivity contribution in [2.75, 3.05) is 5.32 Å². The maximum atomic E-state index is 10.5. The number of nitrogens with two attached hydrogens (primary N) is 1. The minimum absolute atomic E-state index is 0.231. The van der Waals surface area contributed by atoms with Crippen LogP contribution < -0.4 is 11.1 Å². The monoisotopic (exact) mass is 180 g/mol. The molecule has 5 heteroatoms. The Kier molecular flexibility index (Phi) is 2.79. The number of carbonyl (C=O) groups excluding carboxylic acids is 1. The Hall–Kier alpha value is -1.65. The fourth-order valence-electron chi connectivity index (χ4n) is 0.848. The molecule has 0 unspecified atom stereocenters. The molecule has 13 heavy (non-hydrogen) atoms. The summed E-state index contributed by atoms with van der Waals surface area (Å²) in [4.78, 5) is 18.6. The number of urea groups is 1. The van der Waals surface area contributed by atoms with Gasteiger partial charge in [-0.05, 0) is 6.07 Å². The van der Waals surface area contributed by atoms with Crippen LogP contribution in [0.4, 0.5) is 10.6 Å². The van der Waals surface area contributed by atoms with Crippen molar-refractivity contribution in [3.63, 3.8) is 0 Å². The first-order valence-electron chi connectivity index (χ1n) is 3.99. The first-order valence-corrected chi connectivity index (χ1v) is 3.99. The van der Waals surface area contributed by atoms with Crippen molar-refractivity contribution >= 4 is 11.8 Å².